The molecular formula is C24H31Cl2N3O2. The van der Waals surface area contributed by atoms with Gasteiger partial charge in [0.2, 0.25) is 0 Å². The Hall–Kier alpha value is -2.21. The molecule has 0 unspecified atom stereocenters. The number of aryl methyl sites for hydroxylation is 1. The summed E-state index contributed by atoms with van der Waals surface area (Å²) in [5, 5.41) is 3.93. The van der Waals surface area contributed by atoms with E-state index in [0.717, 1.165) is 56.5 Å². The van der Waals surface area contributed by atoms with Crippen LogP contribution in [0, 0.1) is 6.92 Å². The molecule has 1 saturated heterocycles. The number of rotatable bonds is 7. The van der Waals surface area contributed by atoms with Crippen molar-refractivity contribution < 1.29 is 9.21 Å². The van der Waals surface area contributed by atoms with Gasteiger partial charge in [-0.25, -0.2) is 0 Å². The van der Waals surface area contributed by atoms with E-state index in [0.29, 0.717) is 12.3 Å². The molecule has 168 valence electrons. The van der Waals surface area contributed by atoms with Crippen LogP contribution in [0.4, 0.5) is 5.69 Å². The van der Waals surface area contributed by atoms with Crippen LogP contribution in [0.1, 0.15) is 29.0 Å². The number of carbonyl (C=O) groups is 1. The van der Waals surface area contributed by atoms with Gasteiger partial charge in [-0.1, -0.05) is 30.3 Å². The van der Waals surface area contributed by atoms with Crippen LogP contribution < -0.4 is 10.2 Å². The van der Waals surface area contributed by atoms with Gasteiger partial charge in [-0.05, 0) is 56.1 Å². The molecule has 4 rings (SSSR count). The van der Waals surface area contributed by atoms with Gasteiger partial charge in [-0.15, -0.1) is 24.8 Å². The third-order valence-electron chi connectivity index (χ3n) is 5.58. The normalized spacial score (nSPS) is 14.0. The van der Waals surface area contributed by atoms with Gasteiger partial charge in [-0.3, -0.25) is 9.69 Å². The number of para-hydroxylation sites is 1. The number of unbranched alkanes of at least 4 members (excludes halogenated alkanes) is 1. The van der Waals surface area contributed by atoms with Gasteiger partial charge in [-0.2, -0.15) is 0 Å². The van der Waals surface area contributed by atoms with Gasteiger partial charge in [0.1, 0.15) is 5.58 Å². The fourth-order valence-electron chi connectivity index (χ4n) is 3.90. The number of nitrogens with one attached hydrogen (secondary N) is 1. The Bertz CT molecular complexity index is 935. The Morgan fingerprint density at radius 2 is 1.74 bits per heavy atom. The number of hydrogen-bond acceptors (Lipinski definition) is 4. The van der Waals surface area contributed by atoms with Gasteiger partial charge in [0.05, 0.1) is 0 Å². The molecular weight excluding hydrogens is 433 g/mol. The molecule has 1 aromatic heterocycles. The highest BCUT2D eigenvalue weighted by Gasteiger charge is 2.17. The molecule has 7 heteroatoms. The summed E-state index contributed by atoms with van der Waals surface area (Å²) in [6, 6.07) is 18.2. The second-order valence-corrected chi connectivity index (χ2v) is 7.78. The zero-order valence-corrected chi connectivity index (χ0v) is 19.5. The number of nitrogens with zero attached hydrogens (tertiary/aromatic N) is 2. The van der Waals surface area contributed by atoms with E-state index in [9.17, 15) is 4.79 Å². The molecule has 0 atom stereocenters. The number of benzene rings is 2. The van der Waals surface area contributed by atoms with Crippen molar-refractivity contribution in [2.45, 2.75) is 19.8 Å². The quantitative estimate of drug-likeness (QED) is 0.505. The Morgan fingerprint density at radius 1 is 0.968 bits per heavy atom. The zero-order valence-electron chi connectivity index (χ0n) is 17.9. The summed E-state index contributed by atoms with van der Waals surface area (Å²) in [6.07, 6.45) is 2.06. The summed E-state index contributed by atoms with van der Waals surface area (Å²) in [5.41, 5.74) is 3.40. The number of anilines is 1. The molecule has 0 spiro atoms. The van der Waals surface area contributed by atoms with Gasteiger partial charge >= 0.3 is 0 Å². The number of amides is 1. The van der Waals surface area contributed by atoms with Crippen molar-refractivity contribution in [2.24, 2.45) is 0 Å². The van der Waals surface area contributed by atoms with E-state index >= 15 is 0 Å². The summed E-state index contributed by atoms with van der Waals surface area (Å²) < 4.78 is 5.61. The van der Waals surface area contributed by atoms with Gasteiger partial charge in [0.15, 0.2) is 5.76 Å². The molecule has 0 saturated carbocycles. The maximum absolute atomic E-state index is 12.3. The first-order valence-electron chi connectivity index (χ1n) is 10.5. The maximum Gasteiger partial charge on any atom is 0.287 e. The lowest BCUT2D eigenvalue weighted by Gasteiger charge is -2.36. The monoisotopic (exact) mass is 463 g/mol. The molecule has 1 fully saturated rings. The number of furan rings is 1. The van der Waals surface area contributed by atoms with E-state index in [1.807, 2.05) is 24.3 Å². The average molecular weight is 464 g/mol. The smallest absolute Gasteiger partial charge is 0.287 e. The van der Waals surface area contributed by atoms with Crippen LogP contribution in [-0.4, -0.2) is 50.1 Å². The first kappa shape index (κ1) is 25.1. The Kier molecular flexibility index (Phi) is 9.69. The van der Waals surface area contributed by atoms with Crippen molar-refractivity contribution in [1.29, 1.82) is 0 Å². The van der Waals surface area contributed by atoms with E-state index in [4.69, 9.17) is 4.42 Å². The molecule has 0 radical (unpaired) electrons. The van der Waals surface area contributed by atoms with Crippen molar-refractivity contribution in [2.75, 3.05) is 44.2 Å². The first-order valence-corrected chi connectivity index (χ1v) is 10.5. The van der Waals surface area contributed by atoms with Gasteiger partial charge in [0, 0.05) is 43.8 Å². The van der Waals surface area contributed by atoms with Crippen LogP contribution in [0.25, 0.3) is 11.0 Å². The summed E-state index contributed by atoms with van der Waals surface area (Å²) in [4.78, 5) is 17.2. The summed E-state index contributed by atoms with van der Waals surface area (Å²) in [6.45, 7) is 8.26. The largest absolute Gasteiger partial charge is 0.451 e. The van der Waals surface area contributed by atoms with E-state index in [-0.39, 0.29) is 30.7 Å². The number of piperazine rings is 1. The fourth-order valence-corrected chi connectivity index (χ4v) is 3.90. The molecule has 2 aromatic carbocycles. The van der Waals surface area contributed by atoms with E-state index in [2.05, 4.69) is 46.3 Å². The van der Waals surface area contributed by atoms with Gasteiger partial charge < -0.3 is 14.6 Å². The van der Waals surface area contributed by atoms with E-state index < -0.39 is 0 Å². The van der Waals surface area contributed by atoms with Crippen LogP contribution in [-0.2, 0) is 0 Å². The predicted octanol–water partition coefficient (Wildman–Crippen LogP) is 4.92. The molecule has 0 aliphatic carbocycles. The van der Waals surface area contributed by atoms with Crippen LogP contribution >= 0.6 is 24.8 Å². The molecule has 1 amide bonds. The topological polar surface area (TPSA) is 48.7 Å². The SMILES string of the molecule is Cc1cccc(N2CCN(CCCCNC(=O)c3cc4ccccc4o3)CC2)c1.Cl.Cl. The molecule has 2 heterocycles. The van der Waals surface area contributed by atoms with Crippen molar-refractivity contribution in [1.82, 2.24) is 10.2 Å². The highest BCUT2D eigenvalue weighted by atomic mass is 35.5. The Morgan fingerprint density at radius 3 is 2.48 bits per heavy atom. The van der Waals surface area contributed by atoms with Crippen LogP contribution in [0.5, 0.6) is 0 Å². The van der Waals surface area contributed by atoms with Crippen LogP contribution in [0.3, 0.4) is 0 Å². The van der Waals surface area contributed by atoms with E-state index in [1.54, 1.807) is 6.07 Å². The lowest BCUT2D eigenvalue weighted by Crippen LogP contribution is -2.46. The van der Waals surface area contributed by atoms with Crippen molar-refractivity contribution in [3.05, 3.63) is 65.9 Å². The number of halogens is 2. The highest BCUT2D eigenvalue weighted by Crippen LogP contribution is 2.19. The minimum atomic E-state index is -0.132. The van der Waals surface area contributed by atoms with Crippen molar-refractivity contribution in [3.63, 3.8) is 0 Å². The van der Waals surface area contributed by atoms with Gasteiger partial charge in [0.25, 0.3) is 5.91 Å². The molecule has 31 heavy (non-hydrogen) atoms. The minimum Gasteiger partial charge on any atom is -0.451 e. The number of carbonyl (C=O) groups excluding carboxylic acids is 1. The minimum absolute atomic E-state index is 0. The first-order chi connectivity index (χ1) is 14.2. The zero-order chi connectivity index (χ0) is 20.1. The third kappa shape index (κ3) is 6.63. The third-order valence-corrected chi connectivity index (χ3v) is 5.58. The van der Waals surface area contributed by atoms with Crippen LogP contribution in [0.15, 0.2) is 59.0 Å². The molecule has 0 bridgehead atoms. The second kappa shape index (κ2) is 12.0. The van der Waals surface area contributed by atoms with E-state index in [1.165, 1.54) is 11.3 Å². The summed E-state index contributed by atoms with van der Waals surface area (Å²) >= 11 is 0. The Labute approximate surface area is 196 Å². The lowest BCUT2D eigenvalue weighted by molar-refractivity contribution is 0.0927. The molecule has 3 aromatic rings. The molecule has 5 nitrogen and oxygen atoms in total. The van der Waals surface area contributed by atoms with Crippen molar-refractivity contribution in [3.8, 4) is 0 Å². The summed E-state index contributed by atoms with van der Waals surface area (Å²) in [5.74, 6) is 0.256. The summed E-state index contributed by atoms with van der Waals surface area (Å²) in [7, 11) is 0. The fraction of sp³-hybridized carbons (Fsp3) is 0.375. The molecule has 1 aliphatic rings. The van der Waals surface area contributed by atoms with Crippen LogP contribution in [0.2, 0.25) is 0 Å². The standard InChI is InChI=1S/C24H29N3O2.2ClH/c1-19-7-6-9-21(17-19)27-15-13-26(14-16-27)12-5-4-11-25-24(28)23-18-20-8-2-3-10-22(20)29-23;;/h2-3,6-10,17-18H,4-5,11-16H2,1H3,(H,25,28);2*1H. The number of hydrogen-bond donors (Lipinski definition) is 1. The predicted molar refractivity (Wildman–Crippen MR) is 132 cm³/mol. The maximum atomic E-state index is 12.3. The lowest BCUT2D eigenvalue weighted by atomic mass is 10.2. The average Bonchev–Trinajstić information content (AvgIpc) is 3.18. The molecule has 1 aliphatic heterocycles. The second-order valence-electron chi connectivity index (χ2n) is 7.78. The Balaban J connectivity index is 0.00000171. The molecule has 1 N–H and O–H groups in total. The van der Waals surface area contributed by atoms with Crippen molar-refractivity contribution >= 4 is 47.4 Å². The number of fused-ring (bicyclic) bond motifs is 1. The highest BCUT2D eigenvalue weighted by molar-refractivity contribution is 5.96.